The Kier molecular flexibility index (Phi) is 2.89. The molecule has 0 aromatic rings. The number of carbonyl (C=O) groups is 1. The van der Waals surface area contributed by atoms with Crippen LogP contribution in [-0.2, 0) is 4.79 Å². The number of aliphatic hydroxyl groups excluding tert-OH is 1. The van der Waals surface area contributed by atoms with E-state index >= 15 is 0 Å². The fourth-order valence-electron chi connectivity index (χ4n) is 1.33. The first-order valence-corrected chi connectivity index (χ1v) is 4.51. The maximum Gasteiger partial charge on any atom is 0.243 e. The average molecular weight is 182 g/mol. The summed E-state index contributed by atoms with van der Waals surface area (Å²) < 4.78 is 0. The van der Waals surface area contributed by atoms with Gasteiger partial charge in [-0.15, -0.1) is 0 Å². The monoisotopic (exact) mass is 182 g/mol. The second-order valence-corrected chi connectivity index (χ2v) is 3.30. The van der Waals surface area contributed by atoms with Crippen molar-refractivity contribution in [2.75, 3.05) is 19.7 Å². The second-order valence-electron chi connectivity index (χ2n) is 3.30. The number of hydrogen-bond acceptors (Lipinski definition) is 3. The summed E-state index contributed by atoms with van der Waals surface area (Å²) in [7, 11) is 0. The predicted molar refractivity (Wildman–Crippen MR) is 46.6 cm³/mol. The first kappa shape index (κ1) is 10.0. The number of carbonyl (C=O) groups excluding carboxylic acids is 1. The van der Waals surface area contributed by atoms with Crippen LogP contribution in [0.3, 0.4) is 0 Å². The average Bonchev–Trinajstić information content (AvgIpc) is 2.93. The summed E-state index contributed by atoms with van der Waals surface area (Å²) >= 11 is 0. The number of aliphatic hydroxyl groups is 1. The minimum absolute atomic E-state index is 0.0406. The molecule has 0 radical (unpaired) electrons. The van der Waals surface area contributed by atoms with Crippen LogP contribution in [0.25, 0.3) is 0 Å². The van der Waals surface area contributed by atoms with E-state index < -0.39 is 5.41 Å². The fraction of sp³-hybridized carbons (Fsp3) is 0.778. The van der Waals surface area contributed by atoms with Crippen LogP contribution in [0.15, 0.2) is 0 Å². The van der Waals surface area contributed by atoms with Gasteiger partial charge in [-0.25, -0.2) is 0 Å². The van der Waals surface area contributed by atoms with Crippen molar-refractivity contribution in [3.8, 4) is 6.07 Å². The Morgan fingerprint density at radius 3 is 2.62 bits per heavy atom. The molecule has 4 nitrogen and oxygen atoms in total. The zero-order valence-electron chi connectivity index (χ0n) is 7.79. The molecule has 13 heavy (non-hydrogen) atoms. The number of nitriles is 1. The molecule has 1 saturated carbocycles. The normalized spacial score (nSPS) is 17.6. The molecule has 0 atom stereocenters. The SMILES string of the molecule is CCN(CCO)C(=O)C1(C#N)CC1. The molecule has 72 valence electrons. The zero-order valence-corrected chi connectivity index (χ0v) is 7.79. The minimum atomic E-state index is -0.745. The van der Waals surface area contributed by atoms with Crippen molar-refractivity contribution < 1.29 is 9.90 Å². The van der Waals surface area contributed by atoms with Gasteiger partial charge in [-0.2, -0.15) is 5.26 Å². The first-order chi connectivity index (χ1) is 6.20. The molecular weight excluding hydrogens is 168 g/mol. The Balaban J connectivity index is 2.60. The van der Waals surface area contributed by atoms with Crippen molar-refractivity contribution in [1.29, 1.82) is 5.26 Å². The third-order valence-electron chi connectivity index (χ3n) is 2.41. The van der Waals surface area contributed by atoms with Crippen molar-refractivity contribution in [2.45, 2.75) is 19.8 Å². The summed E-state index contributed by atoms with van der Waals surface area (Å²) in [6.45, 7) is 2.70. The van der Waals surface area contributed by atoms with E-state index in [0.29, 0.717) is 25.9 Å². The molecule has 0 aromatic heterocycles. The Morgan fingerprint density at radius 1 is 1.69 bits per heavy atom. The smallest absolute Gasteiger partial charge is 0.243 e. The van der Waals surface area contributed by atoms with Gasteiger partial charge < -0.3 is 10.0 Å². The van der Waals surface area contributed by atoms with Gasteiger partial charge in [0.2, 0.25) is 5.91 Å². The van der Waals surface area contributed by atoms with Crippen molar-refractivity contribution in [1.82, 2.24) is 4.90 Å². The number of hydrogen-bond donors (Lipinski definition) is 1. The van der Waals surface area contributed by atoms with Crippen LogP contribution in [0.1, 0.15) is 19.8 Å². The van der Waals surface area contributed by atoms with Crippen molar-refractivity contribution in [3.05, 3.63) is 0 Å². The van der Waals surface area contributed by atoms with Gasteiger partial charge in [0.15, 0.2) is 0 Å². The van der Waals surface area contributed by atoms with E-state index in [4.69, 9.17) is 10.4 Å². The van der Waals surface area contributed by atoms with Crippen molar-refractivity contribution >= 4 is 5.91 Å². The van der Waals surface area contributed by atoms with Crippen LogP contribution in [0, 0.1) is 16.7 Å². The van der Waals surface area contributed by atoms with Crippen molar-refractivity contribution in [2.24, 2.45) is 5.41 Å². The highest BCUT2D eigenvalue weighted by Gasteiger charge is 2.52. The van der Waals surface area contributed by atoms with Gasteiger partial charge in [-0.05, 0) is 19.8 Å². The molecule has 1 aliphatic rings. The van der Waals surface area contributed by atoms with Gasteiger partial charge in [0.05, 0.1) is 12.7 Å². The van der Waals surface area contributed by atoms with E-state index in [1.807, 2.05) is 6.92 Å². The summed E-state index contributed by atoms with van der Waals surface area (Å²) in [4.78, 5) is 13.2. The third kappa shape index (κ3) is 1.81. The fourth-order valence-corrected chi connectivity index (χ4v) is 1.33. The second kappa shape index (κ2) is 3.75. The Hall–Kier alpha value is -1.08. The molecule has 1 rings (SSSR count). The van der Waals surface area contributed by atoms with E-state index in [1.165, 1.54) is 4.90 Å². The minimum Gasteiger partial charge on any atom is -0.395 e. The lowest BCUT2D eigenvalue weighted by atomic mass is 10.1. The number of rotatable bonds is 4. The highest BCUT2D eigenvalue weighted by atomic mass is 16.3. The number of nitrogens with zero attached hydrogens (tertiary/aromatic N) is 2. The lowest BCUT2D eigenvalue weighted by Gasteiger charge is -2.21. The van der Waals surface area contributed by atoms with E-state index in [0.717, 1.165) is 0 Å². The van der Waals surface area contributed by atoms with Crippen LogP contribution in [0.2, 0.25) is 0 Å². The molecule has 0 aromatic carbocycles. The zero-order chi connectivity index (χ0) is 9.90. The van der Waals surface area contributed by atoms with Gasteiger partial charge >= 0.3 is 0 Å². The van der Waals surface area contributed by atoms with Gasteiger partial charge in [-0.3, -0.25) is 4.79 Å². The molecular formula is C9H14N2O2. The lowest BCUT2D eigenvalue weighted by Crippen LogP contribution is -2.38. The number of likely N-dealkylation sites (N-methyl/N-ethyl adjacent to an activating group) is 1. The molecule has 0 saturated heterocycles. The quantitative estimate of drug-likeness (QED) is 0.672. The van der Waals surface area contributed by atoms with E-state index in [1.54, 1.807) is 0 Å². The highest BCUT2D eigenvalue weighted by molar-refractivity contribution is 5.88. The van der Waals surface area contributed by atoms with E-state index in [-0.39, 0.29) is 12.5 Å². The Morgan fingerprint density at radius 2 is 2.31 bits per heavy atom. The van der Waals surface area contributed by atoms with Crippen LogP contribution in [-0.4, -0.2) is 35.6 Å². The molecule has 1 fully saturated rings. The lowest BCUT2D eigenvalue weighted by molar-refractivity contribution is -0.135. The van der Waals surface area contributed by atoms with Crippen LogP contribution < -0.4 is 0 Å². The van der Waals surface area contributed by atoms with E-state index in [9.17, 15) is 4.79 Å². The summed E-state index contributed by atoms with van der Waals surface area (Å²) in [5.41, 5.74) is -0.745. The molecule has 0 aliphatic heterocycles. The summed E-state index contributed by atoms with van der Waals surface area (Å²) in [5.74, 6) is -0.119. The summed E-state index contributed by atoms with van der Waals surface area (Å²) in [6.07, 6.45) is 1.34. The van der Waals surface area contributed by atoms with E-state index in [2.05, 4.69) is 6.07 Å². The summed E-state index contributed by atoms with van der Waals surface area (Å²) in [6, 6.07) is 2.05. The van der Waals surface area contributed by atoms with Gasteiger partial charge in [0, 0.05) is 13.1 Å². The number of amides is 1. The molecule has 0 heterocycles. The van der Waals surface area contributed by atoms with Crippen LogP contribution >= 0.6 is 0 Å². The highest BCUT2D eigenvalue weighted by Crippen LogP contribution is 2.46. The molecule has 0 spiro atoms. The topological polar surface area (TPSA) is 64.3 Å². The largest absolute Gasteiger partial charge is 0.395 e. The molecule has 1 N–H and O–H groups in total. The maximum atomic E-state index is 11.7. The van der Waals surface area contributed by atoms with Crippen LogP contribution in [0.4, 0.5) is 0 Å². The molecule has 1 amide bonds. The predicted octanol–water partition coefficient (Wildman–Crippen LogP) is 0.131. The third-order valence-corrected chi connectivity index (χ3v) is 2.41. The Labute approximate surface area is 77.8 Å². The first-order valence-electron chi connectivity index (χ1n) is 4.51. The van der Waals surface area contributed by atoms with Gasteiger partial charge in [0.25, 0.3) is 0 Å². The molecule has 0 bridgehead atoms. The molecule has 4 heteroatoms. The van der Waals surface area contributed by atoms with Gasteiger partial charge in [0.1, 0.15) is 5.41 Å². The molecule has 1 aliphatic carbocycles. The maximum absolute atomic E-state index is 11.7. The standard InChI is InChI=1S/C9H14N2O2/c1-2-11(5-6-12)8(13)9(7-10)3-4-9/h12H,2-6H2,1H3. The molecule has 0 unspecified atom stereocenters. The Bertz CT molecular complexity index is 240. The van der Waals surface area contributed by atoms with Crippen molar-refractivity contribution in [3.63, 3.8) is 0 Å². The van der Waals surface area contributed by atoms with Crippen LogP contribution in [0.5, 0.6) is 0 Å². The van der Waals surface area contributed by atoms with Gasteiger partial charge in [-0.1, -0.05) is 0 Å². The summed E-state index contributed by atoms with van der Waals surface area (Å²) in [5, 5.41) is 17.5.